The lowest BCUT2D eigenvalue weighted by molar-refractivity contribution is -0.384. The zero-order valence-electron chi connectivity index (χ0n) is 38.6. The van der Waals surface area contributed by atoms with Crippen LogP contribution in [-0.4, -0.2) is 79.0 Å². The number of fused-ring (bicyclic) bond motifs is 2. The number of nitrogens with one attached hydrogen (secondary N) is 3. The monoisotopic (exact) mass is 933 g/mol. The van der Waals surface area contributed by atoms with Crippen LogP contribution in [0.5, 0.6) is 17.2 Å². The van der Waals surface area contributed by atoms with Gasteiger partial charge in [0.15, 0.2) is 11.4 Å². The van der Waals surface area contributed by atoms with E-state index in [4.69, 9.17) is 9.47 Å². The number of rotatable bonds is 11. The summed E-state index contributed by atoms with van der Waals surface area (Å²) in [7, 11) is -4.68. The molecule has 5 aromatic rings. The van der Waals surface area contributed by atoms with Gasteiger partial charge in [0, 0.05) is 62.3 Å². The van der Waals surface area contributed by atoms with Crippen molar-refractivity contribution in [3.05, 3.63) is 106 Å². The van der Waals surface area contributed by atoms with Crippen LogP contribution in [0.15, 0.2) is 78.0 Å². The maximum atomic E-state index is 14.7. The second kappa shape index (κ2) is 17.4. The summed E-state index contributed by atoms with van der Waals surface area (Å²) < 4.78 is 57.1. The molecule has 3 aromatic carbocycles. The molecule has 3 N–H and O–H groups in total. The van der Waals surface area contributed by atoms with Crippen molar-refractivity contribution in [2.24, 2.45) is 16.7 Å². The van der Waals surface area contributed by atoms with Crippen molar-refractivity contribution >= 4 is 44.0 Å². The lowest BCUT2D eigenvalue weighted by Crippen LogP contribution is -2.63. The van der Waals surface area contributed by atoms with Gasteiger partial charge in [-0.15, -0.1) is 0 Å². The minimum Gasteiger partial charge on any atom is -0.489 e. The summed E-state index contributed by atoms with van der Waals surface area (Å²) in [4.78, 5) is 37.4. The third-order valence-corrected chi connectivity index (χ3v) is 16.9. The number of H-pyrrole nitrogens is 1. The molecule has 0 radical (unpaired) electrons. The molecule has 2 aliphatic carbocycles. The molecular formula is C51H60FN7O7S. The number of benzene rings is 3. The largest absolute Gasteiger partial charge is 0.489 e. The molecule has 5 aliphatic rings. The molecule has 3 aliphatic heterocycles. The number of anilines is 2. The first-order chi connectivity index (χ1) is 32.1. The molecule has 3 atom stereocenters. The molecule has 2 unspecified atom stereocenters. The predicted molar refractivity (Wildman–Crippen MR) is 255 cm³/mol. The number of hydrogen-bond donors (Lipinski definition) is 3. The fraction of sp³-hybridized carbons (Fsp3) is 0.490. The van der Waals surface area contributed by atoms with Crippen LogP contribution in [0.4, 0.5) is 21.5 Å². The summed E-state index contributed by atoms with van der Waals surface area (Å²) >= 11 is 0. The Labute approximate surface area is 391 Å². The van der Waals surface area contributed by atoms with Crippen molar-refractivity contribution in [3.8, 4) is 17.2 Å². The summed E-state index contributed by atoms with van der Waals surface area (Å²) in [6.45, 7) is 13.0. The topological polar surface area (TPSA) is 172 Å². The van der Waals surface area contributed by atoms with E-state index >= 15 is 0 Å². The van der Waals surface area contributed by atoms with Gasteiger partial charge in [-0.3, -0.25) is 19.8 Å². The Morgan fingerprint density at radius 1 is 1.01 bits per heavy atom. The smallest absolute Gasteiger partial charge is 0.297 e. The number of ether oxygens (including phenoxy) is 2. The number of pyridine rings is 1. The Balaban J connectivity index is 0.863. The number of sulfonamides is 1. The van der Waals surface area contributed by atoms with Crippen LogP contribution in [0.2, 0.25) is 0 Å². The van der Waals surface area contributed by atoms with Gasteiger partial charge >= 0.3 is 0 Å². The van der Waals surface area contributed by atoms with Crippen molar-refractivity contribution < 1.29 is 32.0 Å². The number of carbonyl (C=O) groups excluding carboxylic acids is 1. The zero-order valence-corrected chi connectivity index (χ0v) is 39.5. The molecule has 1 spiro atoms. The van der Waals surface area contributed by atoms with Gasteiger partial charge in [0.05, 0.1) is 33.0 Å². The van der Waals surface area contributed by atoms with E-state index in [0.717, 1.165) is 76.5 Å². The number of nitro groups is 1. The Bertz CT molecular complexity index is 2820. The van der Waals surface area contributed by atoms with Crippen molar-refractivity contribution in [2.75, 3.05) is 43.0 Å². The summed E-state index contributed by atoms with van der Waals surface area (Å²) in [6.07, 6.45) is 12.2. The van der Waals surface area contributed by atoms with E-state index in [1.807, 2.05) is 0 Å². The average molecular weight is 934 g/mol. The van der Waals surface area contributed by atoms with Crippen LogP contribution in [-0.2, 0) is 10.0 Å². The molecule has 1 amide bonds. The molecule has 4 fully saturated rings. The first kappa shape index (κ1) is 45.1. The standard InChI is InChI=1S/C51H60FN7O7S/c1-31(2)36-8-5-6-9-37(36)38-10-7-11-43(38)58-29-51(30-58)18-20-57(21-19-51)33-12-13-39(45(22-33)66-34-23-40-41(52)27-54-48(40)53-26-34)49(60)56-67(63,64)35-24-44(59(61)62)47-46(25-35)65-28-42(55-47)32-14-16-50(3,4)17-15-32/h5-6,8-9,12-13,22-27,31-32,38,42-43,55H,7,10-11,14-21,28-30H2,1-4H3,(H,53,54)(H,56,60)/t38-,42?,43?/m1/s1. The van der Waals surface area contributed by atoms with E-state index in [0.29, 0.717) is 23.5 Å². The van der Waals surface area contributed by atoms with Gasteiger partial charge in [0.1, 0.15) is 29.6 Å². The van der Waals surface area contributed by atoms with E-state index in [1.54, 1.807) is 12.1 Å². The summed E-state index contributed by atoms with van der Waals surface area (Å²) in [6, 6.07) is 18.0. The third-order valence-electron chi connectivity index (χ3n) is 15.6. The quantitative estimate of drug-likeness (QED) is 0.0850. The van der Waals surface area contributed by atoms with Crippen LogP contribution >= 0.6 is 0 Å². The molecule has 10 rings (SSSR count). The van der Waals surface area contributed by atoms with E-state index in [-0.39, 0.29) is 63.3 Å². The lowest BCUT2D eigenvalue weighted by Gasteiger charge is -2.57. The lowest BCUT2D eigenvalue weighted by atomic mass is 9.70. The van der Waals surface area contributed by atoms with Gasteiger partial charge < -0.3 is 24.7 Å². The van der Waals surface area contributed by atoms with Crippen LogP contribution in [0.3, 0.4) is 0 Å². The summed E-state index contributed by atoms with van der Waals surface area (Å²) in [5, 5.41) is 15.9. The maximum absolute atomic E-state index is 14.7. The highest BCUT2D eigenvalue weighted by Crippen LogP contribution is 2.50. The van der Waals surface area contributed by atoms with E-state index in [1.165, 1.54) is 61.0 Å². The minimum absolute atomic E-state index is 0.0238. The van der Waals surface area contributed by atoms with Crippen LogP contribution in [0.25, 0.3) is 11.0 Å². The first-order valence-corrected chi connectivity index (χ1v) is 25.3. The van der Waals surface area contributed by atoms with Gasteiger partial charge in [0.25, 0.3) is 21.6 Å². The fourth-order valence-corrected chi connectivity index (χ4v) is 12.7. The number of nitro benzene ring substituents is 1. The van der Waals surface area contributed by atoms with E-state index in [9.17, 15) is 27.7 Å². The van der Waals surface area contributed by atoms with Gasteiger partial charge in [-0.05, 0) is 109 Å². The number of likely N-dealkylation sites (tertiary alicyclic amines) is 1. The minimum atomic E-state index is -4.68. The number of carbonyl (C=O) groups is 1. The molecule has 2 aromatic heterocycles. The van der Waals surface area contributed by atoms with Gasteiger partial charge in [0.2, 0.25) is 0 Å². The predicted octanol–water partition coefficient (Wildman–Crippen LogP) is 10.3. The molecule has 2 saturated heterocycles. The zero-order chi connectivity index (χ0) is 46.8. The Morgan fingerprint density at radius 2 is 1.78 bits per heavy atom. The Morgan fingerprint density at radius 3 is 2.52 bits per heavy atom. The number of aromatic amines is 1. The van der Waals surface area contributed by atoms with Crippen LogP contribution in [0, 0.1) is 32.7 Å². The van der Waals surface area contributed by atoms with Gasteiger partial charge in [-0.25, -0.2) is 22.5 Å². The molecular weight excluding hydrogens is 874 g/mol. The molecule has 2 saturated carbocycles. The SMILES string of the molecule is CC(C)c1ccccc1[C@H]1CCCC1N1CC2(CCN(c3ccc(C(=O)NS(=O)(=O)c4cc5c(c([N+](=O)[O-])c4)NC(C4CCC(C)(C)CC4)CO5)c(Oc4cnc5[nH]cc(F)c5c4)c3)CC2)C1. The molecule has 67 heavy (non-hydrogen) atoms. The Kier molecular flexibility index (Phi) is 11.7. The number of aromatic nitrogens is 2. The van der Waals surface area contributed by atoms with Gasteiger partial charge in [-0.2, -0.15) is 0 Å². The highest BCUT2D eigenvalue weighted by Gasteiger charge is 2.49. The van der Waals surface area contributed by atoms with Crippen molar-refractivity contribution in [2.45, 2.75) is 114 Å². The molecule has 5 heterocycles. The van der Waals surface area contributed by atoms with Crippen molar-refractivity contribution in [1.29, 1.82) is 0 Å². The second-order valence-corrected chi connectivity index (χ2v) is 22.5. The Hall–Kier alpha value is -5.74. The normalized spacial score (nSPS) is 22.8. The summed E-state index contributed by atoms with van der Waals surface area (Å²) in [5.41, 5.74) is 4.09. The van der Waals surface area contributed by atoms with Crippen molar-refractivity contribution in [1.82, 2.24) is 19.6 Å². The average Bonchev–Trinajstić information content (AvgIpc) is 3.94. The first-order valence-electron chi connectivity index (χ1n) is 23.9. The molecule has 14 nitrogen and oxygen atoms in total. The number of hydrogen-bond acceptors (Lipinski definition) is 11. The second-order valence-electron chi connectivity index (χ2n) is 20.8. The number of halogens is 1. The highest BCUT2D eigenvalue weighted by molar-refractivity contribution is 7.90. The van der Waals surface area contributed by atoms with E-state index in [2.05, 4.69) is 81.8 Å². The number of piperidine rings is 1. The van der Waals surface area contributed by atoms with Crippen molar-refractivity contribution in [3.63, 3.8) is 0 Å². The van der Waals surface area contributed by atoms with Crippen LogP contribution < -0.4 is 24.4 Å². The highest BCUT2D eigenvalue weighted by atomic mass is 32.2. The number of nitrogens with zero attached hydrogens (tertiary/aromatic N) is 4. The van der Waals surface area contributed by atoms with Crippen LogP contribution in [0.1, 0.15) is 119 Å². The number of amides is 1. The molecule has 16 heteroatoms. The molecule has 0 bridgehead atoms. The maximum Gasteiger partial charge on any atom is 0.297 e. The van der Waals surface area contributed by atoms with E-state index < -0.39 is 37.3 Å². The third kappa shape index (κ3) is 8.82. The fourth-order valence-electron chi connectivity index (χ4n) is 11.7. The van der Waals surface area contributed by atoms with Gasteiger partial charge in [-0.1, -0.05) is 58.4 Å². The summed E-state index contributed by atoms with van der Waals surface area (Å²) in [5.74, 6) is -0.0579. The molecule has 354 valence electrons.